The molecular formula is C22H45O3S-. The summed E-state index contributed by atoms with van der Waals surface area (Å²) in [5.41, 5.74) is -0.689. The minimum atomic E-state index is -2.12. The van der Waals surface area contributed by atoms with Crippen LogP contribution in [0.2, 0.25) is 0 Å². The Bertz CT molecular complexity index is 310. The van der Waals surface area contributed by atoms with Gasteiger partial charge in [-0.1, -0.05) is 110 Å². The first-order valence-electron chi connectivity index (χ1n) is 11.3. The maximum atomic E-state index is 10.7. The van der Waals surface area contributed by atoms with Gasteiger partial charge in [0.05, 0.1) is 6.10 Å². The molecule has 0 aromatic heterocycles. The Hall–Kier alpha value is 0.0700. The highest BCUT2D eigenvalue weighted by atomic mass is 32.2. The highest BCUT2D eigenvalue weighted by Crippen LogP contribution is 2.15. The van der Waals surface area contributed by atoms with Crippen LogP contribution in [0.15, 0.2) is 0 Å². The lowest BCUT2D eigenvalue weighted by Crippen LogP contribution is -2.21. The molecule has 0 rings (SSSR count). The number of rotatable bonds is 20. The largest absolute Gasteiger partial charge is 0.770 e. The van der Waals surface area contributed by atoms with Crippen molar-refractivity contribution in [2.75, 3.05) is 0 Å². The third-order valence-corrected chi connectivity index (χ3v) is 5.81. The Labute approximate surface area is 166 Å². The van der Waals surface area contributed by atoms with E-state index in [0.717, 1.165) is 12.8 Å². The first-order chi connectivity index (χ1) is 12.6. The molecule has 0 aliphatic heterocycles. The van der Waals surface area contributed by atoms with Gasteiger partial charge in [-0.05, 0) is 31.3 Å². The first kappa shape index (κ1) is 26.1. The molecule has 0 N–H and O–H groups in total. The van der Waals surface area contributed by atoms with Crippen molar-refractivity contribution in [2.45, 2.75) is 141 Å². The third-order valence-electron chi connectivity index (χ3n) is 5.16. The number of ether oxygens (including phenoxy) is 1. The Balaban J connectivity index is 3.16. The van der Waals surface area contributed by atoms with Gasteiger partial charge in [-0.25, -0.2) is 0 Å². The summed E-state index contributed by atoms with van der Waals surface area (Å²) in [5.74, 6) is 0. The van der Waals surface area contributed by atoms with Gasteiger partial charge in [0.1, 0.15) is 5.44 Å². The zero-order valence-corrected chi connectivity index (χ0v) is 18.6. The van der Waals surface area contributed by atoms with E-state index in [1.165, 1.54) is 96.3 Å². The molecule has 3 nitrogen and oxygen atoms in total. The minimum Gasteiger partial charge on any atom is -0.770 e. The lowest BCUT2D eigenvalue weighted by atomic mass is 10.0. The van der Waals surface area contributed by atoms with Crippen molar-refractivity contribution in [3.8, 4) is 0 Å². The van der Waals surface area contributed by atoms with Gasteiger partial charge in [0, 0.05) is 0 Å². The monoisotopic (exact) mass is 389 g/mol. The van der Waals surface area contributed by atoms with Gasteiger partial charge in [0.2, 0.25) is 0 Å². The molecule has 3 atom stereocenters. The lowest BCUT2D eigenvalue weighted by molar-refractivity contribution is 0.0429. The van der Waals surface area contributed by atoms with E-state index in [2.05, 4.69) is 6.92 Å². The van der Waals surface area contributed by atoms with Gasteiger partial charge in [-0.15, -0.1) is 0 Å². The fraction of sp³-hybridized carbons (Fsp3) is 1.00. The summed E-state index contributed by atoms with van der Waals surface area (Å²) in [6, 6.07) is 0. The van der Waals surface area contributed by atoms with E-state index in [-0.39, 0.29) is 6.10 Å². The van der Waals surface area contributed by atoms with Crippen molar-refractivity contribution in [1.29, 1.82) is 0 Å². The molecule has 0 saturated carbocycles. The fourth-order valence-corrected chi connectivity index (χ4v) is 3.70. The molecule has 0 saturated heterocycles. The van der Waals surface area contributed by atoms with Crippen molar-refractivity contribution >= 4 is 11.1 Å². The minimum absolute atomic E-state index is 0.0366. The van der Waals surface area contributed by atoms with Crippen LogP contribution >= 0.6 is 0 Å². The van der Waals surface area contributed by atoms with E-state index in [1.807, 2.05) is 6.92 Å². The van der Waals surface area contributed by atoms with E-state index < -0.39 is 16.5 Å². The van der Waals surface area contributed by atoms with Crippen LogP contribution in [0.3, 0.4) is 0 Å². The Morgan fingerprint density at radius 2 is 1.04 bits per heavy atom. The van der Waals surface area contributed by atoms with Crippen LogP contribution in [0.25, 0.3) is 0 Å². The molecule has 26 heavy (non-hydrogen) atoms. The Morgan fingerprint density at radius 3 is 1.38 bits per heavy atom. The fourth-order valence-electron chi connectivity index (χ4n) is 3.42. The summed E-state index contributed by atoms with van der Waals surface area (Å²) < 4.78 is 26.9. The van der Waals surface area contributed by atoms with Gasteiger partial charge >= 0.3 is 0 Å². The van der Waals surface area contributed by atoms with Gasteiger partial charge in [0.25, 0.3) is 0 Å². The molecule has 0 radical (unpaired) electrons. The summed E-state index contributed by atoms with van der Waals surface area (Å²) in [6.07, 6.45) is 23.0. The van der Waals surface area contributed by atoms with Crippen molar-refractivity contribution in [3.05, 3.63) is 0 Å². The van der Waals surface area contributed by atoms with Crippen LogP contribution in [0.1, 0.15) is 130 Å². The lowest BCUT2D eigenvalue weighted by Gasteiger charge is -2.20. The molecule has 0 amide bonds. The molecule has 0 aliphatic carbocycles. The van der Waals surface area contributed by atoms with Crippen LogP contribution < -0.4 is 0 Å². The molecule has 0 spiro atoms. The average Bonchev–Trinajstić information content (AvgIpc) is 2.61. The highest BCUT2D eigenvalue weighted by molar-refractivity contribution is 7.79. The summed E-state index contributed by atoms with van der Waals surface area (Å²) in [5, 5.41) is 0. The molecule has 4 heteroatoms. The topological polar surface area (TPSA) is 49.4 Å². The van der Waals surface area contributed by atoms with Gasteiger partial charge in [-0.3, -0.25) is 4.21 Å². The van der Waals surface area contributed by atoms with Gasteiger partial charge < -0.3 is 9.29 Å². The molecule has 3 unspecified atom stereocenters. The zero-order chi connectivity index (χ0) is 19.5. The summed E-state index contributed by atoms with van der Waals surface area (Å²) in [7, 11) is 0. The molecule has 158 valence electrons. The molecular weight excluding hydrogens is 344 g/mol. The van der Waals surface area contributed by atoms with E-state index in [1.54, 1.807) is 6.92 Å². The maximum absolute atomic E-state index is 10.7. The van der Waals surface area contributed by atoms with Crippen molar-refractivity contribution < 1.29 is 13.5 Å². The second-order valence-corrected chi connectivity index (χ2v) is 9.05. The van der Waals surface area contributed by atoms with E-state index in [4.69, 9.17) is 4.74 Å². The third kappa shape index (κ3) is 18.8. The van der Waals surface area contributed by atoms with Crippen LogP contribution in [0.4, 0.5) is 0 Å². The van der Waals surface area contributed by atoms with Crippen molar-refractivity contribution in [1.82, 2.24) is 0 Å². The predicted molar refractivity (Wildman–Crippen MR) is 113 cm³/mol. The van der Waals surface area contributed by atoms with E-state index in [9.17, 15) is 8.76 Å². The summed E-state index contributed by atoms with van der Waals surface area (Å²) >= 11 is -2.12. The van der Waals surface area contributed by atoms with Crippen LogP contribution in [-0.4, -0.2) is 20.3 Å². The van der Waals surface area contributed by atoms with Gasteiger partial charge in [0.15, 0.2) is 0 Å². The summed E-state index contributed by atoms with van der Waals surface area (Å²) in [4.78, 5) is 0. The van der Waals surface area contributed by atoms with Crippen molar-refractivity contribution in [3.63, 3.8) is 0 Å². The zero-order valence-electron chi connectivity index (χ0n) is 17.8. The maximum Gasteiger partial charge on any atom is 0.116 e. The number of hydrogen-bond donors (Lipinski definition) is 0. The van der Waals surface area contributed by atoms with Crippen molar-refractivity contribution in [2.24, 2.45) is 0 Å². The second kappa shape index (κ2) is 19.8. The molecule has 0 heterocycles. The molecule has 0 aliphatic rings. The second-order valence-electron chi connectivity index (χ2n) is 7.87. The Kier molecular flexibility index (Phi) is 19.9. The first-order valence-corrected chi connectivity index (χ1v) is 12.4. The number of hydrogen-bond acceptors (Lipinski definition) is 3. The molecule has 0 bridgehead atoms. The highest BCUT2D eigenvalue weighted by Gasteiger charge is 2.08. The standard InChI is InChI=1S/C22H46O3S/c1-4-5-6-7-8-9-10-11-12-13-14-15-16-17-18-19-20-21(2)25-22(3)26(23)24/h21-22H,4-20H2,1-3H3,(H,23,24)/p-1. The Morgan fingerprint density at radius 1 is 0.692 bits per heavy atom. The summed E-state index contributed by atoms with van der Waals surface area (Å²) in [6.45, 7) is 5.84. The normalized spacial score (nSPS) is 15.1. The predicted octanol–water partition coefficient (Wildman–Crippen LogP) is 7.27. The van der Waals surface area contributed by atoms with Gasteiger partial charge in [-0.2, -0.15) is 0 Å². The SMILES string of the molecule is CCCCCCCCCCCCCCCCCCC(C)OC(C)S(=O)[O-]. The molecule has 0 aromatic carbocycles. The number of unbranched alkanes of at least 4 members (excludes halogenated alkanes) is 15. The van der Waals surface area contributed by atoms with Crippen LogP contribution in [-0.2, 0) is 15.8 Å². The van der Waals surface area contributed by atoms with E-state index >= 15 is 0 Å². The smallest absolute Gasteiger partial charge is 0.116 e. The van der Waals surface area contributed by atoms with E-state index in [0.29, 0.717) is 0 Å². The average molecular weight is 390 g/mol. The quantitative estimate of drug-likeness (QED) is 0.162. The van der Waals surface area contributed by atoms with Crippen LogP contribution in [0, 0.1) is 0 Å². The van der Waals surface area contributed by atoms with Crippen LogP contribution in [0.5, 0.6) is 0 Å². The molecule has 0 fully saturated rings. The molecule has 0 aromatic rings.